The molecular formula is C25H24ClN3O2. The summed E-state index contributed by atoms with van der Waals surface area (Å²) >= 11 is 6.05. The Morgan fingerprint density at radius 3 is 2.29 bits per heavy atom. The Morgan fingerprint density at radius 1 is 1.00 bits per heavy atom. The molecule has 1 heterocycles. The van der Waals surface area contributed by atoms with Gasteiger partial charge in [-0.3, -0.25) is 9.59 Å². The maximum Gasteiger partial charge on any atom is 0.258 e. The summed E-state index contributed by atoms with van der Waals surface area (Å²) in [6.07, 6.45) is 0.611. The topological polar surface area (TPSA) is 66.6 Å². The van der Waals surface area contributed by atoms with E-state index >= 15 is 0 Å². The Morgan fingerprint density at radius 2 is 1.65 bits per heavy atom. The molecule has 0 radical (unpaired) electrons. The predicted molar refractivity (Wildman–Crippen MR) is 126 cm³/mol. The van der Waals surface area contributed by atoms with Crippen LogP contribution in [0.4, 0.5) is 17.1 Å². The van der Waals surface area contributed by atoms with Gasteiger partial charge in [0.2, 0.25) is 5.91 Å². The molecule has 31 heavy (non-hydrogen) atoms. The molecule has 3 aromatic carbocycles. The van der Waals surface area contributed by atoms with Crippen molar-refractivity contribution < 1.29 is 9.59 Å². The van der Waals surface area contributed by atoms with Gasteiger partial charge in [-0.2, -0.15) is 0 Å². The molecule has 2 atom stereocenters. The molecule has 3 aromatic rings. The first-order valence-corrected chi connectivity index (χ1v) is 10.6. The van der Waals surface area contributed by atoms with Gasteiger partial charge in [0.05, 0.1) is 6.04 Å². The molecule has 0 fully saturated rings. The number of carbonyl (C=O) groups is 2. The van der Waals surface area contributed by atoms with Crippen LogP contribution in [-0.4, -0.2) is 17.9 Å². The van der Waals surface area contributed by atoms with E-state index in [-0.39, 0.29) is 23.9 Å². The zero-order valence-corrected chi connectivity index (χ0v) is 18.2. The quantitative estimate of drug-likeness (QED) is 0.558. The van der Waals surface area contributed by atoms with E-state index in [0.717, 1.165) is 16.9 Å². The van der Waals surface area contributed by atoms with Gasteiger partial charge in [-0.1, -0.05) is 29.8 Å². The minimum atomic E-state index is -0.194. The van der Waals surface area contributed by atoms with Gasteiger partial charge in [0.25, 0.3) is 5.91 Å². The van der Waals surface area contributed by atoms with Gasteiger partial charge < -0.3 is 15.5 Å². The fraction of sp³-hybridized carbons (Fsp3) is 0.200. The lowest BCUT2D eigenvalue weighted by molar-refractivity contribution is -0.117. The number of nitrogen functional groups attached to an aromatic ring is 1. The van der Waals surface area contributed by atoms with E-state index in [1.807, 2.05) is 48.2 Å². The number of hydrogen-bond acceptors (Lipinski definition) is 3. The van der Waals surface area contributed by atoms with Crippen LogP contribution in [0.2, 0.25) is 5.02 Å². The summed E-state index contributed by atoms with van der Waals surface area (Å²) in [7, 11) is 0. The Labute approximate surface area is 187 Å². The highest BCUT2D eigenvalue weighted by molar-refractivity contribution is 6.30. The van der Waals surface area contributed by atoms with Gasteiger partial charge >= 0.3 is 0 Å². The van der Waals surface area contributed by atoms with Crippen LogP contribution in [0.1, 0.15) is 42.2 Å². The molecule has 0 saturated heterocycles. The van der Waals surface area contributed by atoms with Gasteiger partial charge in [-0.25, -0.2) is 0 Å². The molecule has 5 nitrogen and oxygen atoms in total. The predicted octanol–water partition coefficient (Wildman–Crippen LogP) is 5.46. The summed E-state index contributed by atoms with van der Waals surface area (Å²) in [6, 6.07) is 21.7. The first-order valence-electron chi connectivity index (χ1n) is 10.2. The molecule has 0 spiro atoms. The Balaban J connectivity index is 1.77. The number of halogens is 1. The third-order valence-electron chi connectivity index (χ3n) is 5.69. The molecule has 158 valence electrons. The molecule has 1 aliphatic heterocycles. The van der Waals surface area contributed by atoms with Crippen molar-refractivity contribution in [2.75, 3.05) is 15.5 Å². The first-order chi connectivity index (χ1) is 14.9. The van der Waals surface area contributed by atoms with Crippen molar-refractivity contribution in [1.82, 2.24) is 0 Å². The lowest BCUT2D eigenvalue weighted by atomic mass is 9.89. The van der Waals surface area contributed by atoms with Crippen molar-refractivity contribution >= 4 is 40.5 Å². The summed E-state index contributed by atoms with van der Waals surface area (Å²) in [5.74, 6) is -0.146. The molecule has 0 aromatic heterocycles. The lowest BCUT2D eigenvalue weighted by Gasteiger charge is -2.43. The number of amides is 2. The van der Waals surface area contributed by atoms with Crippen LogP contribution in [0.25, 0.3) is 0 Å². The minimum absolute atomic E-state index is 0.0624. The highest BCUT2D eigenvalue weighted by Gasteiger charge is 2.38. The number of rotatable bonds is 3. The third kappa shape index (κ3) is 4.01. The second-order valence-electron chi connectivity index (χ2n) is 7.82. The van der Waals surface area contributed by atoms with E-state index in [1.54, 1.807) is 48.2 Å². The normalized spacial score (nSPS) is 17.7. The number of hydrogen-bond donors (Lipinski definition) is 1. The zero-order chi connectivity index (χ0) is 22.1. The highest BCUT2D eigenvalue weighted by atomic mass is 35.5. The largest absolute Gasteiger partial charge is 0.399 e. The number of nitrogens with zero attached hydrogens (tertiary/aromatic N) is 2. The van der Waals surface area contributed by atoms with Crippen molar-refractivity contribution in [2.24, 2.45) is 0 Å². The second kappa shape index (κ2) is 8.44. The average Bonchev–Trinajstić information content (AvgIpc) is 2.75. The second-order valence-corrected chi connectivity index (χ2v) is 8.26. The monoisotopic (exact) mass is 433 g/mol. The SMILES string of the molecule is CC(=O)N(c1ccc(Cl)cc1)[C@@H]1C[C@H](C)N(C(=O)c2ccc(N)cc2)c2ccccc21. The number of nitrogens with two attached hydrogens (primary N) is 1. The molecule has 0 unspecified atom stereocenters. The van der Waals surface area contributed by atoms with Crippen LogP contribution in [0, 0.1) is 0 Å². The summed E-state index contributed by atoms with van der Waals surface area (Å²) in [5, 5.41) is 0.616. The van der Waals surface area contributed by atoms with E-state index in [0.29, 0.717) is 22.7 Å². The van der Waals surface area contributed by atoms with E-state index < -0.39 is 0 Å². The molecular weight excluding hydrogens is 410 g/mol. The van der Waals surface area contributed by atoms with Crippen molar-refractivity contribution in [2.45, 2.75) is 32.4 Å². The molecule has 4 rings (SSSR count). The summed E-state index contributed by atoms with van der Waals surface area (Å²) in [5.41, 5.74) is 9.51. The molecule has 2 amide bonds. The molecule has 0 saturated carbocycles. The Kier molecular flexibility index (Phi) is 5.70. The fourth-order valence-electron chi connectivity index (χ4n) is 4.28. The van der Waals surface area contributed by atoms with Gasteiger partial charge in [-0.15, -0.1) is 0 Å². The third-order valence-corrected chi connectivity index (χ3v) is 5.94. The average molecular weight is 434 g/mol. The summed E-state index contributed by atoms with van der Waals surface area (Å²) < 4.78 is 0. The van der Waals surface area contributed by atoms with Crippen LogP contribution in [0.15, 0.2) is 72.8 Å². The van der Waals surface area contributed by atoms with Crippen molar-refractivity contribution in [3.63, 3.8) is 0 Å². The fourth-order valence-corrected chi connectivity index (χ4v) is 4.41. The van der Waals surface area contributed by atoms with Gasteiger partial charge in [0.1, 0.15) is 0 Å². The van der Waals surface area contributed by atoms with E-state index in [2.05, 4.69) is 0 Å². The van der Waals surface area contributed by atoms with Crippen LogP contribution in [-0.2, 0) is 4.79 Å². The zero-order valence-electron chi connectivity index (χ0n) is 17.5. The van der Waals surface area contributed by atoms with Crippen LogP contribution in [0.5, 0.6) is 0 Å². The lowest BCUT2D eigenvalue weighted by Crippen LogP contribution is -2.47. The summed E-state index contributed by atoms with van der Waals surface area (Å²) in [6.45, 7) is 3.58. The summed E-state index contributed by atoms with van der Waals surface area (Å²) in [4.78, 5) is 29.7. The number of carbonyl (C=O) groups excluding carboxylic acids is 2. The number of benzene rings is 3. The molecule has 0 aliphatic carbocycles. The highest BCUT2D eigenvalue weighted by Crippen LogP contribution is 2.42. The van der Waals surface area contributed by atoms with Gasteiger partial charge in [0, 0.05) is 40.6 Å². The Bertz CT molecular complexity index is 1110. The van der Waals surface area contributed by atoms with Crippen LogP contribution < -0.4 is 15.5 Å². The van der Waals surface area contributed by atoms with Gasteiger partial charge in [0.15, 0.2) is 0 Å². The molecule has 2 N–H and O–H groups in total. The van der Waals surface area contributed by atoms with E-state index in [9.17, 15) is 9.59 Å². The number of para-hydroxylation sites is 1. The Hall–Kier alpha value is -3.31. The van der Waals surface area contributed by atoms with E-state index in [4.69, 9.17) is 17.3 Å². The molecule has 6 heteroatoms. The standard InChI is InChI=1S/C25H24ClN3O2/c1-16-15-24(29(17(2)30)21-13-9-19(26)10-14-21)22-5-3-4-6-23(22)28(16)25(31)18-7-11-20(27)12-8-18/h3-14,16,24H,15,27H2,1-2H3/t16-,24+/m0/s1. The first kappa shape index (κ1) is 20.9. The van der Waals surface area contributed by atoms with Crippen LogP contribution in [0.3, 0.4) is 0 Å². The van der Waals surface area contributed by atoms with E-state index in [1.165, 1.54) is 0 Å². The maximum absolute atomic E-state index is 13.4. The van der Waals surface area contributed by atoms with Gasteiger partial charge in [-0.05, 0) is 73.5 Å². The maximum atomic E-state index is 13.4. The number of fused-ring (bicyclic) bond motifs is 1. The van der Waals surface area contributed by atoms with Crippen molar-refractivity contribution in [3.8, 4) is 0 Å². The minimum Gasteiger partial charge on any atom is -0.399 e. The molecule has 0 bridgehead atoms. The number of anilines is 3. The smallest absolute Gasteiger partial charge is 0.258 e. The van der Waals surface area contributed by atoms with Crippen molar-refractivity contribution in [1.29, 1.82) is 0 Å². The van der Waals surface area contributed by atoms with Crippen molar-refractivity contribution in [3.05, 3.63) is 88.9 Å². The molecule has 1 aliphatic rings. The van der Waals surface area contributed by atoms with Crippen LogP contribution >= 0.6 is 11.6 Å².